The molecule has 100 valence electrons. The van der Waals surface area contributed by atoms with Crippen molar-refractivity contribution in [2.75, 3.05) is 12.4 Å². The van der Waals surface area contributed by atoms with Gasteiger partial charge < -0.3 is 14.5 Å². The molecule has 1 heterocycles. The molecular weight excluding hydrogens is 242 g/mol. The molecule has 0 bridgehead atoms. The fourth-order valence-electron chi connectivity index (χ4n) is 1.89. The minimum absolute atomic E-state index is 0.387. The normalized spacial score (nSPS) is 10.3. The SMILES string of the molecule is COC(=O)c1coc(CNc2ccc(C)cc2C)c1. The fourth-order valence-corrected chi connectivity index (χ4v) is 1.89. The second-order valence-corrected chi connectivity index (χ2v) is 4.47. The summed E-state index contributed by atoms with van der Waals surface area (Å²) < 4.78 is 9.93. The first-order valence-electron chi connectivity index (χ1n) is 6.07. The standard InChI is InChI=1S/C15H17NO3/c1-10-4-5-14(11(2)6-10)16-8-13-7-12(9-19-13)15(17)18-3/h4-7,9,16H,8H2,1-3H3. The number of hydrogen-bond acceptors (Lipinski definition) is 4. The van der Waals surface area contributed by atoms with E-state index in [-0.39, 0.29) is 5.97 Å². The van der Waals surface area contributed by atoms with Gasteiger partial charge in [0.05, 0.1) is 19.2 Å². The molecule has 0 aliphatic rings. The van der Waals surface area contributed by atoms with Gasteiger partial charge in [0.2, 0.25) is 0 Å². The van der Waals surface area contributed by atoms with Gasteiger partial charge in [-0.25, -0.2) is 4.79 Å². The third kappa shape index (κ3) is 3.16. The fraction of sp³-hybridized carbons (Fsp3) is 0.267. The highest BCUT2D eigenvalue weighted by molar-refractivity contribution is 5.89. The molecule has 0 saturated carbocycles. The van der Waals surface area contributed by atoms with E-state index in [1.807, 2.05) is 6.07 Å². The van der Waals surface area contributed by atoms with Crippen LogP contribution in [-0.2, 0) is 11.3 Å². The lowest BCUT2D eigenvalue weighted by Crippen LogP contribution is -2.01. The number of aryl methyl sites for hydroxylation is 2. The summed E-state index contributed by atoms with van der Waals surface area (Å²) in [4.78, 5) is 11.3. The van der Waals surface area contributed by atoms with Crippen LogP contribution in [0.25, 0.3) is 0 Å². The topological polar surface area (TPSA) is 51.5 Å². The summed E-state index contributed by atoms with van der Waals surface area (Å²) in [6.07, 6.45) is 1.41. The molecule has 0 amide bonds. The Balaban J connectivity index is 2.02. The van der Waals surface area contributed by atoms with Gasteiger partial charge in [-0.15, -0.1) is 0 Å². The molecule has 0 radical (unpaired) electrons. The van der Waals surface area contributed by atoms with Gasteiger partial charge in [-0.3, -0.25) is 0 Å². The Kier molecular flexibility index (Phi) is 3.90. The summed E-state index contributed by atoms with van der Waals surface area (Å²) in [7, 11) is 1.35. The molecule has 2 aromatic rings. The Morgan fingerprint density at radius 2 is 2.11 bits per heavy atom. The largest absolute Gasteiger partial charge is 0.467 e. The predicted octanol–water partition coefficient (Wildman–Crippen LogP) is 3.30. The number of methoxy groups -OCH3 is 1. The highest BCUT2D eigenvalue weighted by Gasteiger charge is 2.10. The molecule has 1 aromatic carbocycles. The van der Waals surface area contributed by atoms with E-state index in [2.05, 4.69) is 36.0 Å². The summed E-state index contributed by atoms with van der Waals surface area (Å²) in [5.41, 5.74) is 3.90. The molecule has 0 spiro atoms. The van der Waals surface area contributed by atoms with Crippen LogP contribution in [0.5, 0.6) is 0 Å². The van der Waals surface area contributed by atoms with Gasteiger partial charge in [0.25, 0.3) is 0 Å². The van der Waals surface area contributed by atoms with Gasteiger partial charge in [0.1, 0.15) is 12.0 Å². The van der Waals surface area contributed by atoms with Crippen LogP contribution >= 0.6 is 0 Å². The highest BCUT2D eigenvalue weighted by Crippen LogP contribution is 2.18. The summed E-state index contributed by atoms with van der Waals surface area (Å²) in [5.74, 6) is 0.307. The molecule has 0 aliphatic heterocycles. The number of rotatable bonds is 4. The molecule has 4 heteroatoms. The quantitative estimate of drug-likeness (QED) is 0.856. The molecule has 0 unspecified atom stereocenters. The highest BCUT2D eigenvalue weighted by atomic mass is 16.5. The monoisotopic (exact) mass is 259 g/mol. The molecule has 19 heavy (non-hydrogen) atoms. The van der Waals surface area contributed by atoms with Crippen molar-refractivity contribution in [1.29, 1.82) is 0 Å². The molecule has 4 nitrogen and oxygen atoms in total. The first-order chi connectivity index (χ1) is 9.10. The van der Waals surface area contributed by atoms with Gasteiger partial charge in [-0.1, -0.05) is 17.7 Å². The lowest BCUT2D eigenvalue weighted by Gasteiger charge is -2.08. The number of nitrogens with one attached hydrogen (secondary N) is 1. The van der Waals surface area contributed by atoms with E-state index in [4.69, 9.17) is 4.42 Å². The Morgan fingerprint density at radius 3 is 2.79 bits per heavy atom. The van der Waals surface area contributed by atoms with E-state index < -0.39 is 0 Å². The molecular formula is C15H17NO3. The van der Waals surface area contributed by atoms with Crippen molar-refractivity contribution in [3.05, 3.63) is 53.0 Å². The maximum absolute atomic E-state index is 11.3. The summed E-state index contributed by atoms with van der Waals surface area (Å²) in [6, 6.07) is 7.89. The molecule has 0 saturated heterocycles. The van der Waals surface area contributed by atoms with Crippen LogP contribution in [-0.4, -0.2) is 13.1 Å². The molecule has 0 fully saturated rings. The van der Waals surface area contributed by atoms with E-state index in [0.29, 0.717) is 17.9 Å². The molecule has 0 aliphatic carbocycles. The van der Waals surface area contributed by atoms with Crippen LogP contribution in [0, 0.1) is 13.8 Å². The third-order valence-corrected chi connectivity index (χ3v) is 2.91. The van der Waals surface area contributed by atoms with Crippen LogP contribution < -0.4 is 5.32 Å². The lowest BCUT2D eigenvalue weighted by atomic mass is 10.1. The summed E-state index contributed by atoms with van der Waals surface area (Å²) in [5, 5.41) is 3.28. The van der Waals surface area contributed by atoms with Gasteiger partial charge in [0, 0.05) is 5.69 Å². The Hall–Kier alpha value is -2.23. The van der Waals surface area contributed by atoms with E-state index in [1.165, 1.54) is 24.5 Å². The average Bonchev–Trinajstić information content (AvgIpc) is 2.85. The van der Waals surface area contributed by atoms with E-state index in [1.54, 1.807) is 6.07 Å². The zero-order valence-corrected chi connectivity index (χ0v) is 11.3. The predicted molar refractivity (Wildman–Crippen MR) is 73.3 cm³/mol. The van der Waals surface area contributed by atoms with E-state index >= 15 is 0 Å². The number of carbonyl (C=O) groups excluding carboxylic acids is 1. The van der Waals surface area contributed by atoms with E-state index in [9.17, 15) is 4.79 Å². The Morgan fingerprint density at radius 1 is 1.32 bits per heavy atom. The van der Waals surface area contributed by atoms with Crippen molar-refractivity contribution >= 4 is 11.7 Å². The Labute approximate surface area is 112 Å². The zero-order valence-electron chi connectivity index (χ0n) is 11.3. The van der Waals surface area contributed by atoms with Gasteiger partial charge in [0.15, 0.2) is 0 Å². The number of benzene rings is 1. The second-order valence-electron chi connectivity index (χ2n) is 4.47. The van der Waals surface area contributed by atoms with Gasteiger partial charge in [-0.05, 0) is 31.5 Å². The first kappa shape index (κ1) is 13.2. The Bertz CT molecular complexity index is 587. The first-order valence-corrected chi connectivity index (χ1v) is 6.07. The van der Waals surface area contributed by atoms with Gasteiger partial charge >= 0.3 is 5.97 Å². The van der Waals surface area contributed by atoms with Crippen LogP contribution in [0.3, 0.4) is 0 Å². The van der Waals surface area contributed by atoms with Crippen LogP contribution in [0.2, 0.25) is 0 Å². The lowest BCUT2D eigenvalue weighted by molar-refractivity contribution is 0.0600. The van der Waals surface area contributed by atoms with Crippen LogP contribution in [0.15, 0.2) is 34.9 Å². The van der Waals surface area contributed by atoms with Crippen molar-refractivity contribution in [2.24, 2.45) is 0 Å². The minimum atomic E-state index is -0.387. The minimum Gasteiger partial charge on any atom is -0.467 e. The van der Waals surface area contributed by atoms with E-state index in [0.717, 1.165) is 5.69 Å². The number of ether oxygens (including phenoxy) is 1. The smallest absolute Gasteiger partial charge is 0.341 e. The summed E-state index contributed by atoms with van der Waals surface area (Å²) >= 11 is 0. The summed E-state index contributed by atoms with van der Waals surface area (Å²) in [6.45, 7) is 4.64. The third-order valence-electron chi connectivity index (χ3n) is 2.91. The van der Waals surface area contributed by atoms with Crippen molar-refractivity contribution in [2.45, 2.75) is 20.4 Å². The molecule has 1 aromatic heterocycles. The number of esters is 1. The van der Waals surface area contributed by atoms with Gasteiger partial charge in [-0.2, -0.15) is 0 Å². The van der Waals surface area contributed by atoms with Crippen molar-refractivity contribution in [3.63, 3.8) is 0 Å². The second kappa shape index (κ2) is 5.61. The molecule has 0 atom stereocenters. The molecule has 2 rings (SSSR count). The maximum Gasteiger partial charge on any atom is 0.341 e. The van der Waals surface area contributed by atoms with Crippen LogP contribution in [0.4, 0.5) is 5.69 Å². The number of carbonyl (C=O) groups is 1. The zero-order chi connectivity index (χ0) is 13.8. The number of furan rings is 1. The number of hydrogen-bond donors (Lipinski definition) is 1. The molecule has 1 N–H and O–H groups in total. The van der Waals surface area contributed by atoms with Crippen molar-refractivity contribution < 1.29 is 13.9 Å². The maximum atomic E-state index is 11.3. The number of anilines is 1. The average molecular weight is 259 g/mol. The van der Waals surface area contributed by atoms with Crippen LogP contribution in [0.1, 0.15) is 27.2 Å². The van der Waals surface area contributed by atoms with Crippen molar-refractivity contribution in [1.82, 2.24) is 0 Å². The van der Waals surface area contributed by atoms with Crippen molar-refractivity contribution in [3.8, 4) is 0 Å².